The van der Waals surface area contributed by atoms with Gasteiger partial charge in [0.2, 0.25) is 10.0 Å². The molecule has 0 aromatic heterocycles. The Labute approximate surface area is 115 Å². The smallest absolute Gasteiger partial charge is 0.212 e. The maximum Gasteiger partial charge on any atom is 0.213 e. The number of nitriles is 1. The van der Waals surface area contributed by atoms with Gasteiger partial charge in [0, 0.05) is 6.04 Å². The number of nitrogens with one attached hydrogen (secondary N) is 1. The summed E-state index contributed by atoms with van der Waals surface area (Å²) < 4.78 is 27.0. The van der Waals surface area contributed by atoms with Crippen molar-refractivity contribution in [2.24, 2.45) is 17.3 Å². The lowest BCUT2D eigenvalue weighted by Gasteiger charge is -2.21. The van der Waals surface area contributed by atoms with Gasteiger partial charge in [-0.2, -0.15) is 5.26 Å². The highest BCUT2D eigenvalue weighted by atomic mass is 32.2. The van der Waals surface area contributed by atoms with Gasteiger partial charge in [0.15, 0.2) is 0 Å². The van der Waals surface area contributed by atoms with Crippen LogP contribution in [0, 0.1) is 28.6 Å². The van der Waals surface area contributed by atoms with Crippen molar-refractivity contribution in [1.82, 2.24) is 4.72 Å². The molecule has 0 aromatic carbocycles. The third-order valence-corrected chi connectivity index (χ3v) is 6.58. The predicted molar refractivity (Wildman–Crippen MR) is 72.7 cm³/mol. The molecule has 0 spiro atoms. The lowest BCUT2D eigenvalue weighted by atomic mass is 9.86. The van der Waals surface area contributed by atoms with Crippen molar-refractivity contribution in [1.29, 1.82) is 5.26 Å². The van der Waals surface area contributed by atoms with Gasteiger partial charge in [-0.1, -0.05) is 32.1 Å². The molecule has 0 bridgehead atoms. The van der Waals surface area contributed by atoms with E-state index in [-0.39, 0.29) is 11.8 Å². The topological polar surface area (TPSA) is 70.0 Å². The number of sulfonamides is 1. The molecule has 3 saturated carbocycles. The monoisotopic (exact) mass is 282 g/mol. The summed E-state index contributed by atoms with van der Waals surface area (Å²) in [7, 11) is -3.27. The van der Waals surface area contributed by atoms with E-state index in [2.05, 4.69) is 10.8 Å². The van der Waals surface area contributed by atoms with Crippen LogP contribution in [0.25, 0.3) is 0 Å². The quantitative estimate of drug-likeness (QED) is 0.840. The maximum absolute atomic E-state index is 12.1. The largest absolute Gasteiger partial charge is 0.213 e. The minimum Gasteiger partial charge on any atom is -0.212 e. The molecule has 3 aliphatic carbocycles. The van der Waals surface area contributed by atoms with Crippen LogP contribution in [0.2, 0.25) is 0 Å². The van der Waals surface area contributed by atoms with Crippen LogP contribution in [0.3, 0.4) is 0 Å². The normalized spacial score (nSPS) is 33.6. The molecule has 3 rings (SSSR count). The SMILES string of the molecule is N#CC1(CS(=O)(=O)N[C@@H]2C[C@H]2C2CCCCC2)CC1. The van der Waals surface area contributed by atoms with Gasteiger partial charge in [-0.3, -0.25) is 0 Å². The molecule has 1 N–H and O–H groups in total. The molecule has 3 fully saturated rings. The molecule has 19 heavy (non-hydrogen) atoms. The van der Waals surface area contributed by atoms with Gasteiger partial charge in [0.25, 0.3) is 0 Å². The number of nitrogens with zero attached hydrogens (tertiary/aromatic N) is 1. The molecular formula is C14H22N2O2S. The van der Waals surface area contributed by atoms with E-state index in [1.165, 1.54) is 32.1 Å². The summed E-state index contributed by atoms with van der Waals surface area (Å²) in [6, 6.07) is 2.31. The molecule has 3 aliphatic rings. The second kappa shape index (κ2) is 4.75. The fraction of sp³-hybridized carbons (Fsp3) is 0.929. The number of hydrogen-bond donors (Lipinski definition) is 1. The first-order valence-electron chi connectivity index (χ1n) is 7.45. The summed E-state index contributed by atoms with van der Waals surface area (Å²) in [5.41, 5.74) is -0.568. The average molecular weight is 282 g/mol. The first kappa shape index (κ1) is 13.4. The highest BCUT2D eigenvalue weighted by molar-refractivity contribution is 7.89. The van der Waals surface area contributed by atoms with E-state index in [9.17, 15) is 8.42 Å². The second-order valence-electron chi connectivity index (χ2n) is 6.67. The fourth-order valence-corrected chi connectivity index (χ4v) is 5.41. The molecule has 2 atom stereocenters. The van der Waals surface area contributed by atoms with Gasteiger partial charge < -0.3 is 0 Å². The Morgan fingerprint density at radius 1 is 1.21 bits per heavy atom. The van der Waals surface area contributed by atoms with Gasteiger partial charge in [0.05, 0.1) is 17.2 Å². The highest BCUT2D eigenvalue weighted by Gasteiger charge is 2.50. The zero-order chi connectivity index (χ0) is 13.5. The van der Waals surface area contributed by atoms with Crippen molar-refractivity contribution in [2.75, 3.05) is 5.75 Å². The zero-order valence-electron chi connectivity index (χ0n) is 11.3. The Morgan fingerprint density at radius 3 is 2.47 bits per heavy atom. The predicted octanol–water partition coefficient (Wildman–Crippen LogP) is 2.18. The summed E-state index contributed by atoms with van der Waals surface area (Å²) in [6.07, 6.45) is 8.96. The maximum atomic E-state index is 12.1. The van der Waals surface area contributed by atoms with E-state index in [0.717, 1.165) is 25.2 Å². The van der Waals surface area contributed by atoms with E-state index in [4.69, 9.17) is 5.26 Å². The van der Waals surface area contributed by atoms with E-state index >= 15 is 0 Å². The first-order valence-corrected chi connectivity index (χ1v) is 9.10. The van der Waals surface area contributed by atoms with Crippen LogP contribution in [0.1, 0.15) is 51.4 Å². The van der Waals surface area contributed by atoms with Crippen molar-refractivity contribution in [3.63, 3.8) is 0 Å². The van der Waals surface area contributed by atoms with Gasteiger partial charge in [-0.25, -0.2) is 13.1 Å². The first-order chi connectivity index (χ1) is 9.04. The van der Waals surface area contributed by atoms with Gasteiger partial charge in [-0.15, -0.1) is 0 Å². The minimum absolute atomic E-state index is 0.00435. The number of rotatable bonds is 5. The van der Waals surface area contributed by atoms with Crippen molar-refractivity contribution < 1.29 is 8.42 Å². The Kier molecular flexibility index (Phi) is 3.34. The third kappa shape index (κ3) is 3.11. The molecule has 0 heterocycles. The van der Waals surface area contributed by atoms with Crippen LogP contribution in [-0.2, 0) is 10.0 Å². The van der Waals surface area contributed by atoms with Crippen molar-refractivity contribution in [3.05, 3.63) is 0 Å². The molecule has 0 amide bonds. The Hall–Kier alpha value is -0.600. The molecule has 0 unspecified atom stereocenters. The zero-order valence-corrected chi connectivity index (χ0v) is 12.1. The third-order valence-electron chi connectivity index (χ3n) is 4.98. The van der Waals surface area contributed by atoms with Crippen molar-refractivity contribution in [3.8, 4) is 6.07 Å². The summed E-state index contributed by atoms with van der Waals surface area (Å²) in [5.74, 6) is 1.30. The number of hydrogen-bond acceptors (Lipinski definition) is 3. The molecule has 0 aliphatic heterocycles. The fourth-order valence-electron chi connectivity index (χ4n) is 3.51. The standard InChI is InChI=1S/C14H22N2O2S/c15-9-14(6-7-14)10-19(17,18)16-13-8-12(13)11-4-2-1-3-5-11/h11-13,16H,1-8,10H2/t12-,13+/m0/s1. The average Bonchev–Trinajstić information content (AvgIpc) is 3.28. The summed E-state index contributed by atoms with van der Waals surface area (Å²) >= 11 is 0. The van der Waals surface area contributed by atoms with Crippen molar-refractivity contribution in [2.45, 2.75) is 57.4 Å². The Balaban J connectivity index is 1.51. The summed E-state index contributed by atoms with van der Waals surface area (Å²) in [6.45, 7) is 0. The van der Waals surface area contributed by atoms with Crippen LogP contribution in [0.15, 0.2) is 0 Å². The van der Waals surface area contributed by atoms with E-state index in [1.54, 1.807) is 0 Å². The molecule has 4 nitrogen and oxygen atoms in total. The van der Waals surface area contributed by atoms with Crippen LogP contribution in [0.4, 0.5) is 0 Å². The Bertz CT molecular complexity index is 484. The van der Waals surface area contributed by atoms with Gasteiger partial charge in [0.1, 0.15) is 0 Å². The van der Waals surface area contributed by atoms with E-state index in [1.807, 2.05) is 0 Å². The minimum atomic E-state index is -3.27. The lowest BCUT2D eigenvalue weighted by molar-refractivity contribution is 0.316. The Morgan fingerprint density at radius 2 is 1.89 bits per heavy atom. The van der Waals surface area contributed by atoms with Gasteiger partial charge in [-0.05, 0) is 31.1 Å². The van der Waals surface area contributed by atoms with E-state index in [0.29, 0.717) is 5.92 Å². The van der Waals surface area contributed by atoms with Crippen molar-refractivity contribution >= 4 is 10.0 Å². The highest BCUT2D eigenvalue weighted by Crippen LogP contribution is 2.47. The molecule has 0 aromatic rings. The molecule has 0 radical (unpaired) electrons. The van der Waals surface area contributed by atoms with Gasteiger partial charge >= 0.3 is 0 Å². The molecule has 106 valence electrons. The second-order valence-corrected chi connectivity index (χ2v) is 8.43. The molecule has 0 saturated heterocycles. The van der Waals surface area contributed by atoms with Crippen LogP contribution < -0.4 is 4.72 Å². The molecular weight excluding hydrogens is 260 g/mol. The summed E-state index contributed by atoms with van der Waals surface area (Å²) in [4.78, 5) is 0. The van der Waals surface area contributed by atoms with E-state index < -0.39 is 15.4 Å². The van der Waals surface area contributed by atoms with Crippen LogP contribution in [0.5, 0.6) is 0 Å². The lowest BCUT2D eigenvalue weighted by Crippen LogP contribution is -2.33. The molecule has 5 heteroatoms. The summed E-state index contributed by atoms with van der Waals surface area (Å²) in [5, 5.41) is 8.98. The van der Waals surface area contributed by atoms with Crippen LogP contribution in [-0.4, -0.2) is 20.2 Å². The van der Waals surface area contributed by atoms with Crippen LogP contribution >= 0.6 is 0 Å².